The summed E-state index contributed by atoms with van der Waals surface area (Å²) in [5, 5.41) is 2.16. The van der Waals surface area contributed by atoms with Crippen LogP contribution in [0, 0.1) is 6.92 Å². The Kier molecular flexibility index (Phi) is 7.87. The van der Waals surface area contributed by atoms with Gasteiger partial charge in [-0.15, -0.1) is 0 Å². The lowest BCUT2D eigenvalue weighted by molar-refractivity contribution is -0.137. The number of aliphatic imine (C=N–C) groups is 1. The zero-order chi connectivity index (χ0) is 26.6. The van der Waals surface area contributed by atoms with Gasteiger partial charge < -0.3 is 10.1 Å². The number of hydrogen-bond acceptors (Lipinski definition) is 5. The molecule has 0 aliphatic carbocycles. The van der Waals surface area contributed by atoms with E-state index < -0.39 is 17.0 Å². The Labute approximate surface area is 216 Å². The van der Waals surface area contributed by atoms with Crippen molar-refractivity contribution in [2.24, 2.45) is 4.99 Å². The van der Waals surface area contributed by atoms with E-state index in [2.05, 4.69) is 10.3 Å². The van der Waals surface area contributed by atoms with E-state index in [1.807, 2.05) is 13.0 Å². The van der Waals surface area contributed by atoms with Crippen LogP contribution in [0.15, 0.2) is 77.8 Å². The summed E-state index contributed by atoms with van der Waals surface area (Å²) in [6, 6.07) is 18.9. The molecule has 4 rings (SSSR count). The average Bonchev–Trinajstić information content (AvgIpc) is 2.86. The molecule has 37 heavy (non-hydrogen) atoms. The summed E-state index contributed by atoms with van der Waals surface area (Å²) in [5.41, 5.74) is 1.51. The van der Waals surface area contributed by atoms with Crippen molar-refractivity contribution in [2.75, 3.05) is 12.4 Å². The molecule has 0 radical (unpaired) electrons. The topological polar surface area (TPSA) is 71.0 Å². The van der Waals surface area contributed by atoms with Gasteiger partial charge in [0.05, 0.1) is 24.9 Å². The predicted octanol–water partition coefficient (Wildman–Crippen LogP) is 6.18. The van der Waals surface area contributed by atoms with Gasteiger partial charge in [-0.2, -0.15) is 13.2 Å². The van der Waals surface area contributed by atoms with Crippen molar-refractivity contribution in [1.82, 2.24) is 4.90 Å². The van der Waals surface area contributed by atoms with Crippen LogP contribution in [-0.4, -0.2) is 34.2 Å². The van der Waals surface area contributed by atoms with Gasteiger partial charge in [0, 0.05) is 12.1 Å². The fourth-order valence-electron chi connectivity index (χ4n) is 3.72. The van der Waals surface area contributed by atoms with Crippen LogP contribution in [0.1, 0.15) is 23.1 Å². The SMILES string of the molecule is COc1ccc(CN2C(=O)C[C@H](C(=O)Nc3cccc(C)c3)SC2=Nc2cccc(C(F)(F)F)c2)cc1. The Hall–Kier alpha value is -3.79. The third kappa shape index (κ3) is 6.71. The van der Waals surface area contributed by atoms with E-state index in [4.69, 9.17) is 4.74 Å². The zero-order valence-electron chi connectivity index (χ0n) is 20.1. The Balaban J connectivity index is 1.64. The number of amidine groups is 1. The predicted molar refractivity (Wildman–Crippen MR) is 138 cm³/mol. The highest BCUT2D eigenvalue weighted by molar-refractivity contribution is 8.15. The number of anilines is 1. The second-order valence-corrected chi connectivity index (χ2v) is 9.61. The van der Waals surface area contributed by atoms with Crippen LogP contribution in [0.25, 0.3) is 0 Å². The molecule has 0 bridgehead atoms. The van der Waals surface area contributed by atoms with E-state index in [0.29, 0.717) is 11.4 Å². The van der Waals surface area contributed by atoms with E-state index in [1.165, 1.54) is 17.0 Å². The third-order valence-corrected chi connectivity index (χ3v) is 6.80. The van der Waals surface area contributed by atoms with Crippen molar-refractivity contribution in [3.05, 3.63) is 89.5 Å². The molecule has 192 valence electrons. The second-order valence-electron chi connectivity index (χ2n) is 8.44. The van der Waals surface area contributed by atoms with Crippen molar-refractivity contribution in [3.63, 3.8) is 0 Å². The van der Waals surface area contributed by atoms with Crippen LogP contribution in [0.5, 0.6) is 5.75 Å². The van der Waals surface area contributed by atoms with E-state index >= 15 is 0 Å². The molecule has 2 amide bonds. The van der Waals surface area contributed by atoms with E-state index in [-0.39, 0.29) is 35.6 Å². The molecule has 3 aromatic carbocycles. The molecule has 1 atom stereocenters. The number of nitrogens with one attached hydrogen (secondary N) is 1. The fourth-order valence-corrected chi connectivity index (χ4v) is 4.82. The molecule has 3 aromatic rings. The first-order valence-electron chi connectivity index (χ1n) is 11.4. The van der Waals surface area contributed by atoms with Crippen LogP contribution in [-0.2, 0) is 22.3 Å². The highest BCUT2D eigenvalue weighted by atomic mass is 32.2. The largest absolute Gasteiger partial charge is 0.497 e. The number of hydrogen-bond donors (Lipinski definition) is 1. The minimum absolute atomic E-state index is 0.0320. The van der Waals surface area contributed by atoms with Gasteiger partial charge in [-0.3, -0.25) is 14.5 Å². The highest BCUT2D eigenvalue weighted by Gasteiger charge is 2.36. The molecule has 10 heteroatoms. The van der Waals surface area contributed by atoms with E-state index in [0.717, 1.165) is 35.0 Å². The van der Waals surface area contributed by atoms with Crippen molar-refractivity contribution < 1.29 is 27.5 Å². The lowest BCUT2D eigenvalue weighted by Crippen LogP contribution is -2.44. The summed E-state index contributed by atoms with van der Waals surface area (Å²) in [7, 11) is 1.54. The summed E-state index contributed by atoms with van der Waals surface area (Å²) < 4.78 is 44.9. The van der Waals surface area contributed by atoms with Gasteiger partial charge in [0.15, 0.2) is 5.17 Å². The summed E-state index contributed by atoms with van der Waals surface area (Å²) in [4.78, 5) is 32.0. The normalized spacial score (nSPS) is 17.1. The van der Waals surface area contributed by atoms with E-state index in [9.17, 15) is 22.8 Å². The quantitative estimate of drug-likeness (QED) is 0.416. The molecule has 1 heterocycles. The molecular weight excluding hydrogens is 503 g/mol. The van der Waals surface area contributed by atoms with Crippen molar-refractivity contribution in [1.29, 1.82) is 0 Å². The van der Waals surface area contributed by atoms with Crippen LogP contribution < -0.4 is 10.1 Å². The number of methoxy groups -OCH3 is 1. The van der Waals surface area contributed by atoms with Gasteiger partial charge in [0.2, 0.25) is 11.8 Å². The fraction of sp³-hybridized carbons (Fsp3) is 0.222. The van der Waals surface area contributed by atoms with Crippen LogP contribution in [0.3, 0.4) is 0 Å². The van der Waals surface area contributed by atoms with Gasteiger partial charge in [0.1, 0.15) is 11.0 Å². The van der Waals surface area contributed by atoms with E-state index in [1.54, 1.807) is 49.6 Å². The number of halogens is 3. The first-order valence-corrected chi connectivity index (χ1v) is 12.2. The molecule has 1 aliphatic rings. The number of ether oxygens (including phenoxy) is 1. The van der Waals surface area contributed by atoms with Crippen molar-refractivity contribution >= 4 is 40.1 Å². The van der Waals surface area contributed by atoms with Gasteiger partial charge in [0.25, 0.3) is 0 Å². The first-order chi connectivity index (χ1) is 17.6. The maximum atomic E-state index is 13.3. The van der Waals surface area contributed by atoms with Crippen molar-refractivity contribution in [3.8, 4) is 5.75 Å². The Morgan fingerprint density at radius 1 is 1.11 bits per heavy atom. The Morgan fingerprint density at radius 3 is 2.51 bits per heavy atom. The minimum Gasteiger partial charge on any atom is -0.497 e. The average molecular weight is 528 g/mol. The summed E-state index contributed by atoms with van der Waals surface area (Å²) in [6.45, 7) is 2.03. The number of aryl methyl sites for hydroxylation is 1. The van der Waals surface area contributed by atoms with Gasteiger partial charge in [-0.25, -0.2) is 4.99 Å². The first kappa shape index (κ1) is 26.3. The Morgan fingerprint density at radius 2 is 1.84 bits per heavy atom. The number of amides is 2. The zero-order valence-corrected chi connectivity index (χ0v) is 20.9. The molecule has 1 fully saturated rings. The molecule has 1 saturated heterocycles. The highest BCUT2D eigenvalue weighted by Crippen LogP contribution is 2.34. The number of thioether (sulfide) groups is 1. The number of carbonyl (C=O) groups excluding carboxylic acids is 2. The smallest absolute Gasteiger partial charge is 0.416 e. The monoisotopic (exact) mass is 527 g/mol. The molecule has 0 saturated carbocycles. The van der Waals surface area contributed by atoms with Crippen LogP contribution in [0.4, 0.5) is 24.5 Å². The van der Waals surface area contributed by atoms with Crippen molar-refractivity contribution in [2.45, 2.75) is 31.3 Å². The molecular formula is C27H24F3N3O3S. The summed E-state index contributed by atoms with van der Waals surface area (Å²) in [5.74, 6) is -0.0942. The number of rotatable bonds is 6. The van der Waals surface area contributed by atoms with Gasteiger partial charge in [-0.1, -0.05) is 42.1 Å². The maximum Gasteiger partial charge on any atom is 0.416 e. The molecule has 6 nitrogen and oxygen atoms in total. The summed E-state index contributed by atoms with van der Waals surface area (Å²) >= 11 is 1.05. The van der Waals surface area contributed by atoms with Crippen LogP contribution >= 0.6 is 11.8 Å². The lowest BCUT2D eigenvalue weighted by atomic mass is 10.1. The number of benzene rings is 3. The number of alkyl halides is 3. The van der Waals surface area contributed by atoms with Gasteiger partial charge in [-0.05, 0) is 60.5 Å². The minimum atomic E-state index is -4.54. The molecule has 1 aliphatic heterocycles. The standard InChI is InChI=1S/C27H24F3N3O3S/c1-17-5-3-7-20(13-17)31-25(35)23-15-24(34)33(16-18-9-11-22(36-2)12-10-18)26(37-23)32-21-8-4-6-19(14-21)27(28,29)30/h3-14,23H,15-16H2,1-2H3,(H,31,35)/t23-/m1/s1. The Bertz CT molecular complexity index is 1330. The second kappa shape index (κ2) is 11.1. The van der Waals surface area contributed by atoms with Gasteiger partial charge >= 0.3 is 6.18 Å². The summed E-state index contributed by atoms with van der Waals surface area (Å²) in [6.07, 6.45) is -4.62. The van der Waals surface area contributed by atoms with Crippen LogP contribution in [0.2, 0.25) is 0 Å². The maximum absolute atomic E-state index is 13.3. The molecule has 0 aromatic heterocycles. The molecule has 0 spiro atoms. The number of carbonyl (C=O) groups is 2. The molecule has 1 N–H and O–H groups in total. The molecule has 0 unspecified atom stereocenters. The number of nitrogens with zero attached hydrogens (tertiary/aromatic N) is 2. The lowest BCUT2D eigenvalue weighted by Gasteiger charge is -2.32. The third-order valence-electron chi connectivity index (χ3n) is 5.62.